The Balaban J connectivity index is 4.20. The second-order valence-electron chi connectivity index (χ2n) is 10.9. The van der Waals surface area contributed by atoms with Crippen molar-refractivity contribution in [3.8, 4) is 0 Å². The van der Waals surface area contributed by atoms with Gasteiger partial charge in [0, 0.05) is 19.4 Å². The molecule has 1 atom stereocenters. The zero-order chi connectivity index (χ0) is 28.1. The van der Waals surface area contributed by atoms with Gasteiger partial charge >= 0.3 is 12.1 Å². The average molecular weight is 542 g/mol. The van der Waals surface area contributed by atoms with E-state index >= 15 is 0 Å². The van der Waals surface area contributed by atoms with Gasteiger partial charge < -0.3 is 19.1 Å². The highest BCUT2D eigenvalue weighted by molar-refractivity contribution is 5.69. The minimum Gasteiger partial charge on any atom is -0.466 e. The lowest BCUT2D eigenvalue weighted by Gasteiger charge is -2.18. The van der Waals surface area contributed by atoms with Crippen molar-refractivity contribution in [3.05, 3.63) is 0 Å². The molecule has 0 aromatic carbocycles. The Morgan fingerprint density at radius 1 is 0.605 bits per heavy atom. The van der Waals surface area contributed by atoms with Gasteiger partial charge in [0.2, 0.25) is 0 Å². The molecular formula is C32H63NO5. The summed E-state index contributed by atoms with van der Waals surface area (Å²) in [5.41, 5.74) is 0. The van der Waals surface area contributed by atoms with E-state index in [4.69, 9.17) is 14.2 Å². The SMILES string of the molecule is CCCCCCCCCCCCC(CCOC(=O)CCCCCCCCC)OC(=O)OCCCN(C)CC. The van der Waals surface area contributed by atoms with E-state index in [0.29, 0.717) is 26.1 Å². The summed E-state index contributed by atoms with van der Waals surface area (Å²) in [4.78, 5) is 26.6. The van der Waals surface area contributed by atoms with Crippen LogP contribution in [-0.2, 0) is 19.0 Å². The van der Waals surface area contributed by atoms with Gasteiger partial charge in [-0.15, -0.1) is 0 Å². The highest BCUT2D eigenvalue weighted by Crippen LogP contribution is 2.16. The Hall–Kier alpha value is -1.30. The first-order valence-electron chi connectivity index (χ1n) is 16.2. The molecule has 0 spiro atoms. The maximum absolute atomic E-state index is 12.2. The van der Waals surface area contributed by atoms with Gasteiger partial charge in [-0.2, -0.15) is 0 Å². The van der Waals surface area contributed by atoms with Crippen molar-refractivity contribution in [2.45, 2.75) is 162 Å². The molecule has 6 nitrogen and oxygen atoms in total. The van der Waals surface area contributed by atoms with Gasteiger partial charge in [-0.3, -0.25) is 4.79 Å². The van der Waals surface area contributed by atoms with Crippen LogP contribution < -0.4 is 0 Å². The molecule has 6 heteroatoms. The summed E-state index contributed by atoms with van der Waals surface area (Å²) in [6.45, 7) is 9.11. The van der Waals surface area contributed by atoms with Gasteiger partial charge in [-0.1, -0.05) is 117 Å². The Bertz CT molecular complexity index is 528. The number of carbonyl (C=O) groups is 2. The van der Waals surface area contributed by atoms with Crippen LogP contribution in [0.15, 0.2) is 0 Å². The number of unbranched alkanes of at least 4 members (excludes halogenated alkanes) is 15. The number of esters is 1. The predicted molar refractivity (Wildman–Crippen MR) is 159 cm³/mol. The molecule has 0 aromatic rings. The summed E-state index contributed by atoms with van der Waals surface area (Å²) in [6.07, 6.45) is 22.7. The average Bonchev–Trinajstić information content (AvgIpc) is 2.91. The molecule has 38 heavy (non-hydrogen) atoms. The maximum atomic E-state index is 12.2. The van der Waals surface area contributed by atoms with Crippen LogP contribution in [0.1, 0.15) is 156 Å². The molecule has 0 saturated heterocycles. The van der Waals surface area contributed by atoms with E-state index in [1.807, 2.05) is 0 Å². The van der Waals surface area contributed by atoms with E-state index in [2.05, 4.69) is 32.7 Å². The quantitative estimate of drug-likeness (QED) is 0.0726. The Labute approximate surface area is 235 Å². The molecule has 0 bridgehead atoms. The summed E-state index contributed by atoms with van der Waals surface area (Å²) in [5.74, 6) is -0.140. The molecule has 0 fully saturated rings. The van der Waals surface area contributed by atoms with Gasteiger partial charge in [0.1, 0.15) is 6.10 Å². The second-order valence-corrected chi connectivity index (χ2v) is 10.9. The highest BCUT2D eigenvalue weighted by Gasteiger charge is 2.17. The van der Waals surface area contributed by atoms with Crippen LogP contribution >= 0.6 is 0 Å². The first-order chi connectivity index (χ1) is 18.5. The molecule has 226 valence electrons. The van der Waals surface area contributed by atoms with Gasteiger partial charge in [0.25, 0.3) is 0 Å². The minimum atomic E-state index is -0.601. The maximum Gasteiger partial charge on any atom is 0.508 e. The summed E-state index contributed by atoms with van der Waals surface area (Å²) in [5, 5.41) is 0. The predicted octanol–water partition coefficient (Wildman–Crippen LogP) is 9.24. The molecule has 0 rings (SSSR count). The Kier molecular flexibility index (Phi) is 27.7. The molecule has 0 aromatic heterocycles. The van der Waals surface area contributed by atoms with Crippen LogP contribution in [0.3, 0.4) is 0 Å². The standard InChI is InChI=1S/C32H63NO5/c1-5-8-10-12-14-15-16-18-19-21-24-30(38-32(35)37-28-23-27-33(4)7-3)26-29-36-31(34)25-22-20-17-13-11-9-6-2/h30H,5-29H2,1-4H3. The van der Waals surface area contributed by atoms with Crippen molar-refractivity contribution < 1.29 is 23.8 Å². The van der Waals surface area contributed by atoms with Crippen LogP contribution in [0.25, 0.3) is 0 Å². The molecular weight excluding hydrogens is 478 g/mol. The zero-order valence-corrected chi connectivity index (χ0v) is 25.7. The largest absolute Gasteiger partial charge is 0.508 e. The number of rotatable bonds is 28. The molecule has 1 unspecified atom stereocenters. The number of ether oxygens (including phenoxy) is 3. The third-order valence-corrected chi connectivity index (χ3v) is 7.27. The van der Waals surface area contributed by atoms with Crippen LogP contribution in [-0.4, -0.2) is 56.5 Å². The van der Waals surface area contributed by atoms with Crippen LogP contribution in [0.2, 0.25) is 0 Å². The lowest BCUT2D eigenvalue weighted by molar-refractivity contribution is -0.144. The van der Waals surface area contributed by atoms with E-state index in [1.54, 1.807) is 0 Å². The third-order valence-electron chi connectivity index (χ3n) is 7.27. The molecule has 0 aliphatic carbocycles. The molecule has 0 radical (unpaired) electrons. The molecule has 0 aliphatic rings. The normalized spacial score (nSPS) is 12.0. The molecule has 0 N–H and O–H groups in total. The summed E-state index contributed by atoms with van der Waals surface area (Å²) >= 11 is 0. The Morgan fingerprint density at radius 2 is 1.13 bits per heavy atom. The van der Waals surface area contributed by atoms with Crippen molar-refractivity contribution in [1.82, 2.24) is 4.90 Å². The van der Waals surface area contributed by atoms with Gasteiger partial charge in [0.05, 0.1) is 13.2 Å². The minimum absolute atomic E-state index is 0.140. The second kappa shape index (κ2) is 28.7. The number of hydrogen-bond acceptors (Lipinski definition) is 6. The molecule has 0 saturated carbocycles. The van der Waals surface area contributed by atoms with Crippen molar-refractivity contribution in [1.29, 1.82) is 0 Å². The third kappa shape index (κ3) is 26.3. The monoisotopic (exact) mass is 541 g/mol. The lowest BCUT2D eigenvalue weighted by atomic mass is 10.0. The van der Waals surface area contributed by atoms with Gasteiger partial charge in [0.15, 0.2) is 0 Å². The van der Waals surface area contributed by atoms with Crippen molar-refractivity contribution in [2.24, 2.45) is 0 Å². The van der Waals surface area contributed by atoms with Gasteiger partial charge in [-0.05, 0) is 39.3 Å². The molecule has 0 heterocycles. The van der Waals surface area contributed by atoms with Crippen LogP contribution in [0.4, 0.5) is 4.79 Å². The van der Waals surface area contributed by atoms with Crippen LogP contribution in [0, 0.1) is 0 Å². The summed E-state index contributed by atoms with van der Waals surface area (Å²) in [7, 11) is 2.05. The summed E-state index contributed by atoms with van der Waals surface area (Å²) in [6, 6.07) is 0. The zero-order valence-electron chi connectivity index (χ0n) is 25.7. The molecule has 0 aliphatic heterocycles. The van der Waals surface area contributed by atoms with Crippen molar-refractivity contribution in [3.63, 3.8) is 0 Å². The topological polar surface area (TPSA) is 65.1 Å². The Morgan fingerprint density at radius 3 is 1.68 bits per heavy atom. The fourth-order valence-corrected chi connectivity index (χ4v) is 4.54. The lowest BCUT2D eigenvalue weighted by Crippen LogP contribution is -2.23. The smallest absolute Gasteiger partial charge is 0.466 e. The van der Waals surface area contributed by atoms with E-state index < -0.39 is 6.16 Å². The highest BCUT2D eigenvalue weighted by atomic mass is 16.7. The summed E-state index contributed by atoms with van der Waals surface area (Å²) < 4.78 is 16.4. The first-order valence-corrected chi connectivity index (χ1v) is 16.2. The fraction of sp³-hybridized carbons (Fsp3) is 0.938. The van der Waals surface area contributed by atoms with E-state index in [1.165, 1.54) is 83.5 Å². The van der Waals surface area contributed by atoms with E-state index in [9.17, 15) is 9.59 Å². The van der Waals surface area contributed by atoms with E-state index in [0.717, 1.165) is 51.6 Å². The van der Waals surface area contributed by atoms with E-state index in [-0.39, 0.29) is 12.1 Å². The fourth-order valence-electron chi connectivity index (χ4n) is 4.54. The number of nitrogens with zero attached hydrogens (tertiary/aromatic N) is 1. The number of hydrogen-bond donors (Lipinski definition) is 0. The van der Waals surface area contributed by atoms with Crippen molar-refractivity contribution in [2.75, 3.05) is 33.4 Å². The van der Waals surface area contributed by atoms with Crippen molar-refractivity contribution >= 4 is 12.1 Å². The first kappa shape index (κ1) is 36.7. The molecule has 0 amide bonds. The van der Waals surface area contributed by atoms with Gasteiger partial charge in [-0.25, -0.2) is 4.79 Å². The van der Waals surface area contributed by atoms with Crippen LogP contribution in [0.5, 0.6) is 0 Å². The number of carbonyl (C=O) groups excluding carboxylic acids is 2.